The van der Waals surface area contributed by atoms with Crippen molar-refractivity contribution in [3.8, 4) is 5.75 Å². The zero-order valence-electron chi connectivity index (χ0n) is 11.2. The number of halogens is 1. The summed E-state index contributed by atoms with van der Waals surface area (Å²) in [6, 6.07) is 14.2. The molecule has 2 aromatic carbocycles. The van der Waals surface area contributed by atoms with Gasteiger partial charge in [0, 0.05) is 10.5 Å². The van der Waals surface area contributed by atoms with Crippen LogP contribution in [0.25, 0.3) is 6.08 Å². The topological polar surface area (TPSA) is 40.5 Å². The standard InChI is InChI=1S/C16H10BrNO2S2/c17-11-4-1-3-10(7-11)8-14-15(20)18(16(21)22-14)12-5-2-6-13(19)9-12/h1-9,19H/b14-8-. The summed E-state index contributed by atoms with van der Waals surface area (Å²) in [5.41, 5.74) is 1.49. The third-order valence-corrected chi connectivity index (χ3v) is 4.82. The van der Waals surface area contributed by atoms with Crippen LogP contribution in [-0.4, -0.2) is 15.3 Å². The summed E-state index contributed by atoms with van der Waals surface area (Å²) in [4.78, 5) is 14.6. The Morgan fingerprint density at radius 1 is 1.18 bits per heavy atom. The molecule has 0 unspecified atom stereocenters. The molecule has 6 heteroatoms. The van der Waals surface area contributed by atoms with Gasteiger partial charge in [0.2, 0.25) is 0 Å². The number of nitrogens with zero attached hydrogens (tertiary/aromatic N) is 1. The first-order chi connectivity index (χ1) is 10.5. The normalized spacial score (nSPS) is 16.6. The molecule has 0 spiro atoms. The molecule has 22 heavy (non-hydrogen) atoms. The Bertz CT molecular complexity index is 804. The van der Waals surface area contributed by atoms with Crippen molar-refractivity contribution in [2.45, 2.75) is 0 Å². The summed E-state index contributed by atoms with van der Waals surface area (Å²) in [7, 11) is 0. The highest BCUT2D eigenvalue weighted by Gasteiger charge is 2.33. The molecular formula is C16H10BrNO2S2. The molecule has 0 radical (unpaired) electrons. The largest absolute Gasteiger partial charge is 0.508 e. The van der Waals surface area contributed by atoms with Crippen molar-refractivity contribution in [1.82, 2.24) is 0 Å². The van der Waals surface area contributed by atoms with Gasteiger partial charge in [-0.3, -0.25) is 9.69 Å². The van der Waals surface area contributed by atoms with Gasteiger partial charge in [-0.05, 0) is 35.9 Å². The van der Waals surface area contributed by atoms with Gasteiger partial charge in [0.25, 0.3) is 5.91 Å². The lowest BCUT2D eigenvalue weighted by Crippen LogP contribution is -2.27. The van der Waals surface area contributed by atoms with Gasteiger partial charge < -0.3 is 5.11 Å². The van der Waals surface area contributed by atoms with E-state index in [4.69, 9.17) is 12.2 Å². The molecule has 2 aromatic rings. The highest BCUT2D eigenvalue weighted by Crippen LogP contribution is 2.36. The summed E-state index contributed by atoms with van der Waals surface area (Å²) < 4.78 is 1.40. The molecule has 0 saturated carbocycles. The van der Waals surface area contributed by atoms with Crippen LogP contribution in [0.5, 0.6) is 5.75 Å². The maximum atomic E-state index is 12.6. The minimum atomic E-state index is -0.180. The lowest BCUT2D eigenvalue weighted by atomic mass is 10.2. The summed E-state index contributed by atoms with van der Waals surface area (Å²) >= 11 is 9.96. The van der Waals surface area contributed by atoms with Crippen LogP contribution in [0, 0.1) is 0 Å². The van der Waals surface area contributed by atoms with Gasteiger partial charge >= 0.3 is 0 Å². The fourth-order valence-corrected chi connectivity index (χ4v) is 3.79. The van der Waals surface area contributed by atoms with Crippen LogP contribution in [0.1, 0.15) is 5.56 Å². The van der Waals surface area contributed by atoms with Crippen LogP contribution in [0.3, 0.4) is 0 Å². The van der Waals surface area contributed by atoms with Gasteiger partial charge in [-0.1, -0.05) is 58.1 Å². The lowest BCUT2D eigenvalue weighted by molar-refractivity contribution is -0.113. The molecule has 0 aliphatic carbocycles. The third-order valence-electron chi connectivity index (χ3n) is 3.03. The van der Waals surface area contributed by atoms with E-state index in [0.717, 1.165) is 10.0 Å². The van der Waals surface area contributed by atoms with E-state index in [1.54, 1.807) is 18.2 Å². The first-order valence-electron chi connectivity index (χ1n) is 6.37. The average Bonchev–Trinajstić information content (AvgIpc) is 2.73. The Balaban J connectivity index is 1.95. The van der Waals surface area contributed by atoms with E-state index >= 15 is 0 Å². The Morgan fingerprint density at radius 2 is 1.95 bits per heavy atom. The summed E-state index contributed by atoms with van der Waals surface area (Å²) in [5, 5.41) is 9.57. The van der Waals surface area contributed by atoms with Crippen LogP contribution in [0.15, 0.2) is 57.9 Å². The molecule has 1 amide bonds. The second kappa shape index (κ2) is 6.24. The predicted molar refractivity (Wildman–Crippen MR) is 97.9 cm³/mol. The van der Waals surface area contributed by atoms with Crippen LogP contribution in [0.2, 0.25) is 0 Å². The number of carbonyl (C=O) groups is 1. The van der Waals surface area contributed by atoms with Crippen LogP contribution in [-0.2, 0) is 4.79 Å². The van der Waals surface area contributed by atoms with Crippen LogP contribution >= 0.6 is 39.9 Å². The number of amides is 1. The molecule has 1 N–H and O–H groups in total. The Labute approximate surface area is 145 Å². The Kier molecular flexibility index (Phi) is 4.33. The number of thioether (sulfide) groups is 1. The fraction of sp³-hybridized carbons (Fsp3) is 0. The second-order valence-corrected chi connectivity index (χ2v) is 7.18. The minimum absolute atomic E-state index is 0.0996. The molecule has 3 rings (SSSR count). The number of benzene rings is 2. The van der Waals surface area contributed by atoms with Crippen molar-refractivity contribution in [3.05, 3.63) is 63.5 Å². The SMILES string of the molecule is O=C1/C(=C/c2cccc(Br)c2)SC(=S)N1c1cccc(O)c1. The number of hydrogen-bond donors (Lipinski definition) is 1. The molecule has 110 valence electrons. The molecule has 0 bridgehead atoms. The van der Waals surface area contributed by atoms with Gasteiger partial charge in [0.1, 0.15) is 5.75 Å². The van der Waals surface area contributed by atoms with Crippen molar-refractivity contribution < 1.29 is 9.90 Å². The number of thiocarbonyl (C=S) groups is 1. The summed E-state index contributed by atoms with van der Waals surface area (Å²) in [6.45, 7) is 0. The van der Waals surface area contributed by atoms with Crippen molar-refractivity contribution in [2.75, 3.05) is 4.90 Å². The lowest BCUT2D eigenvalue weighted by Gasteiger charge is -2.14. The molecule has 1 aliphatic heterocycles. The number of hydrogen-bond acceptors (Lipinski definition) is 4. The van der Waals surface area contributed by atoms with Gasteiger partial charge in [-0.25, -0.2) is 0 Å². The average molecular weight is 392 g/mol. The van der Waals surface area contributed by atoms with E-state index < -0.39 is 0 Å². The highest BCUT2D eigenvalue weighted by atomic mass is 79.9. The number of carbonyl (C=O) groups excluding carboxylic acids is 1. The van der Waals surface area contributed by atoms with E-state index in [2.05, 4.69) is 15.9 Å². The number of anilines is 1. The Hall–Kier alpha value is -1.63. The van der Waals surface area contributed by atoms with Crippen molar-refractivity contribution in [1.29, 1.82) is 0 Å². The van der Waals surface area contributed by atoms with Crippen molar-refractivity contribution in [3.63, 3.8) is 0 Å². The van der Waals surface area contributed by atoms with Crippen LogP contribution in [0.4, 0.5) is 5.69 Å². The van der Waals surface area contributed by atoms with Gasteiger partial charge in [0.05, 0.1) is 10.6 Å². The zero-order chi connectivity index (χ0) is 15.7. The van der Waals surface area contributed by atoms with Crippen LogP contribution < -0.4 is 4.90 Å². The zero-order valence-corrected chi connectivity index (χ0v) is 14.4. The van der Waals surface area contributed by atoms with E-state index in [9.17, 15) is 9.90 Å². The molecule has 1 aliphatic rings. The van der Waals surface area contributed by atoms with E-state index in [0.29, 0.717) is 14.9 Å². The van der Waals surface area contributed by atoms with Crippen molar-refractivity contribution in [2.24, 2.45) is 0 Å². The monoisotopic (exact) mass is 391 g/mol. The molecule has 1 heterocycles. The number of aromatic hydroxyl groups is 1. The molecule has 0 atom stereocenters. The first kappa shape index (κ1) is 15.3. The summed E-state index contributed by atoms with van der Waals surface area (Å²) in [5.74, 6) is -0.0805. The molecule has 1 fully saturated rings. The van der Waals surface area contributed by atoms with E-state index in [1.807, 2.05) is 30.3 Å². The number of phenolic OH excluding ortho intramolecular Hbond substituents is 1. The molecular weight excluding hydrogens is 382 g/mol. The molecule has 0 aromatic heterocycles. The molecule has 3 nitrogen and oxygen atoms in total. The fourth-order valence-electron chi connectivity index (χ4n) is 2.07. The smallest absolute Gasteiger partial charge is 0.270 e. The van der Waals surface area contributed by atoms with Crippen molar-refractivity contribution >= 4 is 61.9 Å². The van der Waals surface area contributed by atoms with Gasteiger partial charge in [-0.15, -0.1) is 0 Å². The highest BCUT2D eigenvalue weighted by molar-refractivity contribution is 9.10. The first-order valence-corrected chi connectivity index (χ1v) is 8.39. The van der Waals surface area contributed by atoms with E-state index in [-0.39, 0.29) is 11.7 Å². The Morgan fingerprint density at radius 3 is 2.68 bits per heavy atom. The maximum Gasteiger partial charge on any atom is 0.270 e. The summed E-state index contributed by atoms with van der Waals surface area (Å²) in [6.07, 6.45) is 1.81. The number of rotatable bonds is 2. The minimum Gasteiger partial charge on any atom is -0.508 e. The number of phenols is 1. The van der Waals surface area contributed by atoms with Gasteiger partial charge in [-0.2, -0.15) is 0 Å². The second-order valence-electron chi connectivity index (χ2n) is 4.59. The van der Waals surface area contributed by atoms with E-state index in [1.165, 1.54) is 22.7 Å². The molecule has 1 saturated heterocycles. The maximum absolute atomic E-state index is 12.6. The predicted octanol–water partition coefficient (Wildman–Crippen LogP) is 4.56. The van der Waals surface area contributed by atoms with Gasteiger partial charge in [0.15, 0.2) is 4.32 Å². The quantitative estimate of drug-likeness (QED) is 0.601. The third kappa shape index (κ3) is 3.09.